The second-order valence-corrected chi connectivity index (χ2v) is 7.95. The number of aryl methyl sites for hydroxylation is 1. The van der Waals surface area contributed by atoms with Crippen LogP contribution < -0.4 is 24.4 Å². The van der Waals surface area contributed by atoms with Crippen molar-refractivity contribution in [2.45, 2.75) is 32.2 Å². The Hall–Kier alpha value is -3.75. The fourth-order valence-corrected chi connectivity index (χ4v) is 3.70. The zero-order valence-electron chi connectivity index (χ0n) is 19.4. The van der Waals surface area contributed by atoms with Crippen molar-refractivity contribution in [3.8, 4) is 17.2 Å². The Kier molecular flexibility index (Phi) is 7.10. The van der Waals surface area contributed by atoms with E-state index in [0.29, 0.717) is 35.0 Å². The van der Waals surface area contributed by atoms with Gasteiger partial charge in [-0.05, 0) is 50.1 Å². The molecule has 1 N–H and O–H groups in total. The summed E-state index contributed by atoms with van der Waals surface area (Å²) in [7, 11) is 4.54. The first-order chi connectivity index (χ1) is 15.7. The molecule has 2 amide bonds. The Labute approximate surface area is 192 Å². The number of nitrogens with zero attached hydrogens (tertiary/aromatic N) is 1. The SMILES string of the molecule is COc1cc(CCC(=O)OCC(=O)N2c3ccccc3NC(=O)C2(C)C)cc(OC)c1OC. The molecule has 3 rings (SSSR count). The van der Waals surface area contributed by atoms with Gasteiger partial charge in [-0.15, -0.1) is 0 Å². The molecular weight excluding hydrogens is 428 g/mol. The molecule has 0 saturated heterocycles. The third-order valence-electron chi connectivity index (χ3n) is 5.46. The maximum atomic E-state index is 13.0. The van der Waals surface area contributed by atoms with Gasteiger partial charge in [0.2, 0.25) is 11.7 Å². The summed E-state index contributed by atoms with van der Waals surface area (Å²) in [5, 5.41) is 2.80. The highest BCUT2D eigenvalue weighted by atomic mass is 16.5. The van der Waals surface area contributed by atoms with Crippen LogP contribution in [-0.4, -0.2) is 51.3 Å². The van der Waals surface area contributed by atoms with Crippen LogP contribution in [0.1, 0.15) is 25.8 Å². The van der Waals surface area contributed by atoms with E-state index < -0.39 is 24.0 Å². The second-order valence-electron chi connectivity index (χ2n) is 7.95. The van der Waals surface area contributed by atoms with Crippen LogP contribution in [0.15, 0.2) is 36.4 Å². The second kappa shape index (κ2) is 9.81. The van der Waals surface area contributed by atoms with E-state index in [9.17, 15) is 14.4 Å². The number of hydrogen-bond acceptors (Lipinski definition) is 7. The molecular formula is C24H28N2O7. The van der Waals surface area contributed by atoms with E-state index in [-0.39, 0.29) is 12.3 Å². The average Bonchev–Trinajstić information content (AvgIpc) is 2.80. The van der Waals surface area contributed by atoms with Gasteiger partial charge in [-0.3, -0.25) is 19.3 Å². The van der Waals surface area contributed by atoms with Crippen LogP contribution in [0.5, 0.6) is 17.2 Å². The summed E-state index contributed by atoms with van der Waals surface area (Å²) in [5.41, 5.74) is 0.744. The number of hydrogen-bond donors (Lipinski definition) is 1. The third-order valence-corrected chi connectivity index (χ3v) is 5.46. The molecule has 0 aliphatic carbocycles. The fraction of sp³-hybridized carbons (Fsp3) is 0.375. The van der Waals surface area contributed by atoms with E-state index in [4.69, 9.17) is 18.9 Å². The number of fused-ring (bicyclic) bond motifs is 1. The van der Waals surface area contributed by atoms with Crippen LogP contribution in [0.4, 0.5) is 11.4 Å². The Morgan fingerprint density at radius 1 is 1.00 bits per heavy atom. The van der Waals surface area contributed by atoms with Crippen LogP contribution in [0.25, 0.3) is 0 Å². The standard InChI is InChI=1S/C24H28N2O7/c1-24(2)23(29)25-16-8-6-7-9-17(16)26(24)20(27)14-33-21(28)11-10-15-12-18(30-3)22(32-5)19(13-15)31-4/h6-9,12-13H,10-11,14H2,1-5H3,(H,25,29). The number of esters is 1. The summed E-state index contributed by atoms with van der Waals surface area (Å²) in [5.74, 6) is 0.0982. The Balaban J connectivity index is 1.65. The van der Waals surface area contributed by atoms with E-state index in [1.54, 1.807) is 50.2 Å². The van der Waals surface area contributed by atoms with Crippen molar-refractivity contribution in [3.05, 3.63) is 42.0 Å². The first-order valence-electron chi connectivity index (χ1n) is 10.4. The number of ether oxygens (including phenoxy) is 4. The topological polar surface area (TPSA) is 103 Å². The number of methoxy groups -OCH3 is 3. The van der Waals surface area contributed by atoms with Crippen LogP contribution in [0.3, 0.4) is 0 Å². The quantitative estimate of drug-likeness (QED) is 0.609. The number of benzene rings is 2. The van der Waals surface area contributed by atoms with Gasteiger partial charge in [-0.1, -0.05) is 12.1 Å². The minimum absolute atomic E-state index is 0.0480. The highest BCUT2D eigenvalue weighted by molar-refractivity contribution is 6.14. The minimum atomic E-state index is -1.13. The van der Waals surface area contributed by atoms with Gasteiger partial charge in [-0.2, -0.15) is 0 Å². The first-order valence-corrected chi connectivity index (χ1v) is 10.4. The number of amides is 2. The van der Waals surface area contributed by atoms with Gasteiger partial charge >= 0.3 is 5.97 Å². The van der Waals surface area contributed by atoms with E-state index in [1.165, 1.54) is 26.2 Å². The molecule has 0 radical (unpaired) electrons. The van der Waals surface area contributed by atoms with Gasteiger partial charge in [0.1, 0.15) is 5.54 Å². The molecule has 0 aromatic heterocycles. The first kappa shape index (κ1) is 23.9. The van der Waals surface area contributed by atoms with Crippen LogP contribution in [-0.2, 0) is 25.5 Å². The number of rotatable bonds is 8. The van der Waals surface area contributed by atoms with E-state index >= 15 is 0 Å². The average molecular weight is 456 g/mol. The number of carbonyl (C=O) groups is 3. The Bertz CT molecular complexity index is 1040. The molecule has 2 aromatic rings. The smallest absolute Gasteiger partial charge is 0.306 e. The molecule has 0 bridgehead atoms. The van der Waals surface area contributed by atoms with Crippen LogP contribution >= 0.6 is 0 Å². The predicted octanol–water partition coefficient (Wildman–Crippen LogP) is 2.95. The van der Waals surface area contributed by atoms with E-state index in [1.807, 2.05) is 0 Å². The van der Waals surface area contributed by atoms with Crippen molar-refractivity contribution in [1.82, 2.24) is 0 Å². The third kappa shape index (κ3) is 4.87. The lowest BCUT2D eigenvalue weighted by Crippen LogP contribution is -2.59. The van der Waals surface area contributed by atoms with Crippen molar-refractivity contribution in [2.75, 3.05) is 38.2 Å². The predicted molar refractivity (Wildman–Crippen MR) is 122 cm³/mol. The number of anilines is 2. The fourth-order valence-electron chi connectivity index (χ4n) is 3.70. The highest BCUT2D eigenvalue weighted by Crippen LogP contribution is 2.39. The zero-order chi connectivity index (χ0) is 24.2. The number of nitrogens with one attached hydrogen (secondary N) is 1. The lowest BCUT2D eigenvalue weighted by Gasteiger charge is -2.41. The van der Waals surface area contributed by atoms with Crippen molar-refractivity contribution in [1.29, 1.82) is 0 Å². The van der Waals surface area contributed by atoms with Crippen LogP contribution in [0, 0.1) is 0 Å². The Morgan fingerprint density at radius 3 is 2.24 bits per heavy atom. The van der Waals surface area contributed by atoms with Gasteiger partial charge < -0.3 is 24.3 Å². The highest BCUT2D eigenvalue weighted by Gasteiger charge is 2.43. The molecule has 0 atom stereocenters. The molecule has 0 spiro atoms. The molecule has 1 aliphatic heterocycles. The van der Waals surface area contributed by atoms with Crippen LogP contribution in [0.2, 0.25) is 0 Å². The van der Waals surface area contributed by atoms with E-state index in [0.717, 1.165) is 5.56 Å². The lowest BCUT2D eigenvalue weighted by atomic mass is 9.96. The zero-order valence-corrected chi connectivity index (χ0v) is 19.4. The minimum Gasteiger partial charge on any atom is -0.493 e. The van der Waals surface area contributed by atoms with Gasteiger partial charge in [0, 0.05) is 6.42 Å². The molecule has 9 heteroatoms. The molecule has 0 unspecified atom stereocenters. The maximum absolute atomic E-state index is 13.0. The number of carbonyl (C=O) groups excluding carboxylic acids is 3. The summed E-state index contributed by atoms with van der Waals surface area (Å²) in [6.07, 6.45) is 0.399. The summed E-state index contributed by atoms with van der Waals surface area (Å²) in [4.78, 5) is 39.2. The normalized spacial score (nSPS) is 14.1. The molecule has 33 heavy (non-hydrogen) atoms. The summed E-state index contributed by atoms with van der Waals surface area (Å²) in [6, 6.07) is 10.5. The molecule has 176 valence electrons. The molecule has 2 aromatic carbocycles. The van der Waals surface area contributed by atoms with E-state index in [2.05, 4.69) is 5.32 Å². The Morgan fingerprint density at radius 2 is 1.64 bits per heavy atom. The monoisotopic (exact) mass is 456 g/mol. The van der Waals surface area contributed by atoms with Gasteiger partial charge in [0.25, 0.3) is 5.91 Å². The van der Waals surface area contributed by atoms with Crippen molar-refractivity contribution in [3.63, 3.8) is 0 Å². The largest absolute Gasteiger partial charge is 0.493 e. The molecule has 0 saturated carbocycles. The van der Waals surface area contributed by atoms with Crippen molar-refractivity contribution >= 4 is 29.2 Å². The van der Waals surface area contributed by atoms with Gasteiger partial charge in [0.05, 0.1) is 32.7 Å². The summed E-state index contributed by atoms with van der Waals surface area (Å²) < 4.78 is 21.2. The van der Waals surface area contributed by atoms with Crippen molar-refractivity contribution in [2.24, 2.45) is 0 Å². The molecule has 9 nitrogen and oxygen atoms in total. The summed E-state index contributed by atoms with van der Waals surface area (Å²) in [6.45, 7) is 2.81. The molecule has 1 aliphatic rings. The molecule has 1 heterocycles. The van der Waals surface area contributed by atoms with Gasteiger partial charge in [0.15, 0.2) is 18.1 Å². The van der Waals surface area contributed by atoms with Gasteiger partial charge in [-0.25, -0.2) is 0 Å². The number of para-hydroxylation sites is 2. The maximum Gasteiger partial charge on any atom is 0.306 e. The summed E-state index contributed by atoms with van der Waals surface area (Å²) >= 11 is 0. The van der Waals surface area contributed by atoms with Crippen molar-refractivity contribution < 1.29 is 33.3 Å². The lowest BCUT2D eigenvalue weighted by molar-refractivity contribution is -0.148. The molecule has 0 fully saturated rings.